The summed E-state index contributed by atoms with van der Waals surface area (Å²) in [7, 11) is 0. The van der Waals surface area contributed by atoms with E-state index in [9.17, 15) is 19.8 Å². The van der Waals surface area contributed by atoms with E-state index in [1.54, 1.807) is 39.8 Å². The van der Waals surface area contributed by atoms with E-state index >= 15 is 0 Å². The maximum Gasteiger partial charge on any atom is 0.246 e. The molecule has 0 bridgehead atoms. The van der Waals surface area contributed by atoms with Gasteiger partial charge < -0.3 is 20.8 Å². The number of allylic oxidation sites excluding steroid dienone is 1. The van der Waals surface area contributed by atoms with E-state index < -0.39 is 30.3 Å². The van der Waals surface area contributed by atoms with Gasteiger partial charge in [-0.15, -0.1) is 0 Å². The summed E-state index contributed by atoms with van der Waals surface area (Å²) < 4.78 is 0. The third kappa shape index (κ3) is 6.00. The van der Waals surface area contributed by atoms with Gasteiger partial charge in [-0.05, 0) is 45.2 Å². The molecule has 1 aromatic heterocycles. The van der Waals surface area contributed by atoms with Crippen molar-refractivity contribution in [1.82, 2.24) is 20.9 Å². The van der Waals surface area contributed by atoms with Gasteiger partial charge in [-0.25, -0.2) is 0 Å². The molecular formula is C23H34N4O4. The molecule has 8 nitrogen and oxygen atoms in total. The Bertz CT molecular complexity index is 879. The van der Waals surface area contributed by atoms with Crippen LogP contribution in [0.2, 0.25) is 0 Å². The molecule has 0 aliphatic heterocycles. The summed E-state index contributed by atoms with van der Waals surface area (Å²) in [4.78, 5) is 29.4. The molecule has 5 atom stereocenters. The molecular weight excluding hydrogens is 396 g/mol. The Hall–Kier alpha value is -2.55. The van der Waals surface area contributed by atoms with E-state index in [0.29, 0.717) is 28.2 Å². The Morgan fingerprint density at radius 3 is 2.39 bits per heavy atom. The van der Waals surface area contributed by atoms with Gasteiger partial charge in [0.2, 0.25) is 11.8 Å². The second kappa shape index (κ2) is 10.2. The number of rotatable bonds is 8. The van der Waals surface area contributed by atoms with E-state index in [4.69, 9.17) is 0 Å². The molecule has 0 saturated heterocycles. The van der Waals surface area contributed by atoms with Crippen molar-refractivity contribution in [3.8, 4) is 0 Å². The van der Waals surface area contributed by atoms with E-state index in [-0.39, 0.29) is 17.7 Å². The number of aromatic nitrogens is 1. The summed E-state index contributed by atoms with van der Waals surface area (Å²) >= 11 is 0. The Balaban J connectivity index is 2.19. The molecule has 8 heteroatoms. The number of amides is 2. The van der Waals surface area contributed by atoms with Crippen LogP contribution < -0.4 is 16.0 Å². The smallest absolute Gasteiger partial charge is 0.246 e. The Morgan fingerprint density at radius 1 is 1.19 bits per heavy atom. The Labute approximate surface area is 183 Å². The van der Waals surface area contributed by atoms with Crippen molar-refractivity contribution in [3.63, 3.8) is 0 Å². The van der Waals surface area contributed by atoms with E-state index in [1.165, 1.54) is 0 Å². The third-order valence-corrected chi connectivity index (χ3v) is 5.20. The standard InChI is InChI=1S/C23H34N4O4/c1-11(2)19(23(31)26-14(6)22(30)24-12(3)4)27-18-9-8-16-17(15(7)28)10-13(5)25-20(16)21(18)29/h8-11,14-15,18-19,21,27-29H,3H2,1-2,4-7H3,(H,24,30)(H,26,31). The first kappa shape index (κ1) is 24.7. The monoisotopic (exact) mass is 430 g/mol. The average Bonchev–Trinajstić information content (AvgIpc) is 2.66. The number of carbonyl (C=O) groups excluding carboxylic acids is 2. The molecule has 1 aliphatic rings. The van der Waals surface area contributed by atoms with Crippen LogP contribution in [0.5, 0.6) is 0 Å². The summed E-state index contributed by atoms with van der Waals surface area (Å²) in [6.07, 6.45) is 1.90. The molecule has 2 amide bonds. The van der Waals surface area contributed by atoms with Gasteiger partial charge in [0.05, 0.1) is 23.9 Å². The first-order chi connectivity index (χ1) is 14.4. The summed E-state index contributed by atoms with van der Waals surface area (Å²) in [5.74, 6) is -0.787. The van der Waals surface area contributed by atoms with Crippen LogP contribution in [-0.2, 0) is 9.59 Å². The molecule has 0 radical (unpaired) electrons. The summed E-state index contributed by atoms with van der Waals surface area (Å²) in [6.45, 7) is 14.1. The molecule has 0 aromatic carbocycles. The number of pyridine rings is 1. The van der Waals surface area contributed by atoms with Crippen molar-refractivity contribution in [2.75, 3.05) is 0 Å². The van der Waals surface area contributed by atoms with Gasteiger partial charge in [0.15, 0.2) is 0 Å². The molecule has 0 saturated carbocycles. The number of fused-ring (bicyclic) bond motifs is 1. The number of aliphatic hydroxyl groups is 2. The number of hydrogen-bond donors (Lipinski definition) is 5. The first-order valence-electron chi connectivity index (χ1n) is 10.5. The number of hydrogen-bond acceptors (Lipinski definition) is 6. The highest BCUT2D eigenvalue weighted by molar-refractivity contribution is 5.90. The normalized spacial score (nSPS) is 20.5. The fourth-order valence-electron chi connectivity index (χ4n) is 3.57. The lowest BCUT2D eigenvalue weighted by Crippen LogP contribution is -2.56. The van der Waals surface area contributed by atoms with Crippen LogP contribution in [0.15, 0.2) is 24.4 Å². The lowest BCUT2D eigenvalue weighted by Gasteiger charge is -2.32. The molecule has 1 aliphatic carbocycles. The minimum absolute atomic E-state index is 0.100. The van der Waals surface area contributed by atoms with Crippen molar-refractivity contribution < 1.29 is 19.8 Å². The molecule has 5 unspecified atom stereocenters. The van der Waals surface area contributed by atoms with Crippen LogP contribution in [-0.4, -0.2) is 45.1 Å². The van der Waals surface area contributed by atoms with Crippen molar-refractivity contribution in [3.05, 3.63) is 46.9 Å². The zero-order chi connectivity index (χ0) is 23.5. The molecule has 5 N–H and O–H groups in total. The second-order valence-corrected chi connectivity index (χ2v) is 8.55. The van der Waals surface area contributed by atoms with Gasteiger partial charge in [-0.2, -0.15) is 0 Å². The second-order valence-electron chi connectivity index (χ2n) is 8.55. The van der Waals surface area contributed by atoms with Gasteiger partial charge in [-0.3, -0.25) is 19.9 Å². The fraction of sp³-hybridized carbons (Fsp3) is 0.522. The van der Waals surface area contributed by atoms with Gasteiger partial charge in [0.1, 0.15) is 12.1 Å². The summed E-state index contributed by atoms with van der Waals surface area (Å²) in [6, 6.07) is -0.137. The summed E-state index contributed by atoms with van der Waals surface area (Å²) in [5, 5.41) is 29.6. The first-order valence-corrected chi connectivity index (χ1v) is 10.5. The maximum atomic E-state index is 12.9. The van der Waals surface area contributed by atoms with Crippen LogP contribution in [0.25, 0.3) is 6.08 Å². The van der Waals surface area contributed by atoms with Gasteiger partial charge in [-0.1, -0.05) is 32.6 Å². The van der Waals surface area contributed by atoms with Crippen LogP contribution in [0.1, 0.15) is 69.3 Å². The van der Waals surface area contributed by atoms with Crippen molar-refractivity contribution in [2.45, 2.75) is 71.9 Å². The molecule has 0 spiro atoms. The predicted octanol–water partition coefficient (Wildman–Crippen LogP) is 1.64. The van der Waals surface area contributed by atoms with Crippen LogP contribution in [0.4, 0.5) is 0 Å². The van der Waals surface area contributed by atoms with Crippen LogP contribution in [0.3, 0.4) is 0 Å². The van der Waals surface area contributed by atoms with E-state index in [1.807, 2.05) is 19.9 Å². The Kier molecular flexibility index (Phi) is 8.11. The number of nitrogens with one attached hydrogen (secondary N) is 3. The number of nitrogens with zero attached hydrogens (tertiary/aromatic N) is 1. The molecule has 1 aromatic rings. The van der Waals surface area contributed by atoms with Gasteiger partial charge >= 0.3 is 0 Å². The van der Waals surface area contributed by atoms with E-state index in [0.717, 1.165) is 0 Å². The number of aliphatic hydroxyl groups excluding tert-OH is 2. The van der Waals surface area contributed by atoms with Crippen LogP contribution in [0, 0.1) is 12.8 Å². The highest BCUT2D eigenvalue weighted by Gasteiger charge is 2.33. The number of aryl methyl sites for hydroxylation is 1. The largest absolute Gasteiger partial charge is 0.389 e. The van der Waals surface area contributed by atoms with Crippen molar-refractivity contribution in [2.24, 2.45) is 5.92 Å². The number of carbonyl (C=O) groups is 2. The van der Waals surface area contributed by atoms with Crippen LogP contribution >= 0.6 is 0 Å². The maximum absolute atomic E-state index is 12.9. The fourth-order valence-corrected chi connectivity index (χ4v) is 3.57. The van der Waals surface area contributed by atoms with E-state index in [2.05, 4.69) is 27.5 Å². The zero-order valence-corrected chi connectivity index (χ0v) is 19.1. The van der Waals surface area contributed by atoms with Crippen molar-refractivity contribution in [1.29, 1.82) is 0 Å². The average molecular weight is 431 g/mol. The quantitative estimate of drug-likeness (QED) is 0.427. The Morgan fingerprint density at radius 2 is 1.84 bits per heavy atom. The lowest BCUT2D eigenvalue weighted by molar-refractivity contribution is -0.130. The third-order valence-electron chi connectivity index (χ3n) is 5.20. The highest BCUT2D eigenvalue weighted by atomic mass is 16.3. The molecule has 1 heterocycles. The summed E-state index contributed by atoms with van der Waals surface area (Å²) in [5.41, 5.74) is 3.05. The highest BCUT2D eigenvalue weighted by Crippen LogP contribution is 2.32. The lowest BCUT2D eigenvalue weighted by atomic mass is 9.89. The topological polar surface area (TPSA) is 124 Å². The van der Waals surface area contributed by atoms with Gasteiger partial charge in [0, 0.05) is 17.0 Å². The molecule has 0 fully saturated rings. The van der Waals surface area contributed by atoms with Gasteiger partial charge in [0.25, 0.3) is 0 Å². The predicted molar refractivity (Wildman–Crippen MR) is 120 cm³/mol. The molecule has 170 valence electrons. The molecule has 2 rings (SSSR count). The molecule has 31 heavy (non-hydrogen) atoms. The zero-order valence-electron chi connectivity index (χ0n) is 19.1. The minimum Gasteiger partial charge on any atom is -0.389 e. The minimum atomic E-state index is -0.990. The SMILES string of the molecule is C=C(C)NC(=O)C(C)NC(=O)C(NC1C=Cc2c(C(C)O)cc(C)nc2C1O)C(C)C. The van der Waals surface area contributed by atoms with Crippen molar-refractivity contribution >= 4 is 17.9 Å².